The molecule has 0 saturated heterocycles. The topological polar surface area (TPSA) is 69.4 Å². The van der Waals surface area contributed by atoms with E-state index >= 15 is 0 Å². The van der Waals surface area contributed by atoms with Crippen LogP contribution in [-0.4, -0.2) is 29.5 Å². The van der Waals surface area contributed by atoms with Gasteiger partial charge < -0.3 is 4.57 Å². The zero-order valence-corrected chi connectivity index (χ0v) is 30.7. The van der Waals surface area contributed by atoms with E-state index < -0.39 is 0 Å². The van der Waals surface area contributed by atoms with E-state index in [1.165, 1.54) is 10.8 Å². The summed E-state index contributed by atoms with van der Waals surface area (Å²) in [6.45, 7) is 0. The van der Waals surface area contributed by atoms with Crippen LogP contribution in [0.1, 0.15) is 0 Å². The van der Waals surface area contributed by atoms with Gasteiger partial charge in [-0.3, -0.25) is 0 Å². The Hall–Kier alpha value is -7.35. The molecule has 0 N–H and O–H groups in total. The summed E-state index contributed by atoms with van der Waals surface area (Å²) in [4.78, 5) is 26.1. The van der Waals surface area contributed by atoms with Gasteiger partial charge in [0.2, 0.25) is 0 Å². The highest BCUT2D eigenvalue weighted by Crippen LogP contribution is 2.40. The van der Waals surface area contributed by atoms with E-state index in [0.29, 0.717) is 29.0 Å². The van der Waals surface area contributed by atoms with Crippen LogP contribution < -0.4 is 0 Å². The van der Waals surface area contributed by atoms with Crippen molar-refractivity contribution < 1.29 is 0 Å². The Labute approximate surface area is 326 Å². The molecule has 7 heteroatoms. The summed E-state index contributed by atoms with van der Waals surface area (Å²) >= 11 is 1.67. The quantitative estimate of drug-likeness (QED) is 0.170. The number of benzene rings is 7. The van der Waals surface area contributed by atoms with E-state index in [1.54, 1.807) is 11.3 Å². The highest BCUT2D eigenvalue weighted by molar-refractivity contribution is 7.26. The number of para-hydroxylation sites is 2. The molecule has 262 valence electrons. The maximum atomic E-state index is 5.37. The van der Waals surface area contributed by atoms with Gasteiger partial charge in [0.05, 0.1) is 21.3 Å². The first-order valence-corrected chi connectivity index (χ1v) is 19.3. The Morgan fingerprint density at radius 3 is 1.73 bits per heavy atom. The molecule has 11 rings (SSSR count). The van der Waals surface area contributed by atoms with Gasteiger partial charge in [0.25, 0.3) is 0 Å². The molecule has 0 atom stereocenters. The molecule has 0 bridgehead atoms. The summed E-state index contributed by atoms with van der Waals surface area (Å²) in [5, 5.41) is 3.44. The number of aromatic nitrogens is 6. The van der Waals surface area contributed by atoms with Crippen LogP contribution in [0.3, 0.4) is 0 Å². The van der Waals surface area contributed by atoms with Gasteiger partial charge in [-0.15, -0.1) is 11.3 Å². The fraction of sp³-hybridized carbons (Fsp3) is 0. The first kappa shape index (κ1) is 32.1. The summed E-state index contributed by atoms with van der Waals surface area (Å²) in [6.07, 6.45) is 0. The molecule has 0 spiro atoms. The maximum absolute atomic E-state index is 5.37. The molecular formula is C49H30N6S. The van der Waals surface area contributed by atoms with Gasteiger partial charge in [-0.05, 0) is 47.5 Å². The third-order valence-corrected chi connectivity index (χ3v) is 11.4. The fourth-order valence-corrected chi connectivity index (χ4v) is 8.76. The molecule has 4 aromatic heterocycles. The van der Waals surface area contributed by atoms with E-state index in [2.05, 4.69) is 144 Å². The monoisotopic (exact) mass is 734 g/mol. The molecule has 0 fully saturated rings. The first-order chi connectivity index (χ1) is 27.7. The number of rotatable bonds is 6. The molecule has 0 saturated carbocycles. The van der Waals surface area contributed by atoms with Crippen LogP contribution in [-0.2, 0) is 0 Å². The van der Waals surface area contributed by atoms with Crippen molar-refractivity contribution in [2.45, 2.75) is 0 Å². The third-order valence-electron chi connectivity index (χ3n) is 10.3. The third kappa shape index (κ3) is 5.44. The Morgan fingerprint density at radius 2 is 0.929 bits per heavy atom. The Bertz CT molecular complexity index is 3250. The lowest BCUT2D eigenvalue weighted by atomic mass is 10.0. The average Bonchev–Trinajstić information content (AvgIpc) is 3.82. The van der Waals surface area contributed by atoms with Crippen molar-refractivity contribution in [1.82, 2.24) is 29.5 Å². The van der Waals surface area contributed by atoms with Crippen molar-refractivity contribution in [2.75, 3.05) is 0 Å². The highest BCUT2D eigenvalue weighted by atomic mass is 32.1. The lowest BCUT2D eigenvalue weighted by Gasteiger charge is -2.11. The number of hydrogen-bond acceptors (Lipinski definition) is 6. The van der Waals surface area contributed by atoms with Gasteiger partial charge in [-0.2, -0.15) is 0 Å². The number of fused-ring (bicyclic) bond motifs is 6. The van der Waals surface area contributed by atoms with Gasteiger partial charge >= 0.3 is 0 Å². The Kier molecular flexibility index (Phi) is 7.57. The molecule has 56 heavy (non-hydrogen) atoms. The van der Waals surface area contributed by atoms with E-state index in [-0.39, 0.29) is 0 Å². The molecule has 0 unspecified atom stereocenters. The molecular weight excluding hydrogens is 705 g/mol. The normalized spacial score (nSPS) is 11.6. The minimum absolute atomic E-state index is 0.499. The summed E-state index contributed by atoms with van der Waals surface area (Å²) in [5.74, 6) is 2.27. The summed E-state index contributed by atoms with van der Waals surface area (Å²) in [7, 11) is 0. The van der Waals surface area contributed by atoms with E-state index in [9.17, 15) is 0 Å². The number of hydrogen-bond donors (Lipinski definition) is 0. The van der Waals surface area contributed by atoms with Crippen molar-refractivity contribution >= 4 is 53.4 Å². The Balaban J connectivity index is 1.16. The van der Waals surface area contributed by atoms with Crippen LogP contribution in [0.15, 0.2) is 182 Å². The lowest BCUT2D eigenvalue weighted by molar-refractivity contribution is 1.06. The Morgan fingerprint density at radius 1 is 0.357 bits per heavy atom. The summed E-state index contributed by atoms with van der Waals surface area (Å²) in [5.41, 5.74) is 9.80. The van der Waals surface area contributed by atoms with Crippen molar-refractivity contribution in [1.29, 1.82) is 0 Å². The standard InChI is InChI=1S/C49H30N6S/c1-4-15-31(16-5-1)33-19-14-20-34(29-33)48-52-46(32-17-6-2-7-18-32)53-49(54-48)44-45-43(39-24-11-13-26-42(39)56-45)50-47(51-44)35-27-28-38-37-23-10-12-25-40(37)55(41(38)30-35)36-21-8-3-9-22-36/h1-30H. The number of nitrogens with zero attached hydrogens (tertiary/aromatic N) is 6. The zero-order valence-electron chi connectivity index (χ0n) is 29.9. The lowest BCUT2D eigenvalue weighted by Crippen LogP contribution is -2.03. The molecule has 6 nitrogen and oxygen atoms in total. The van der Waals surface area contributed by atoms with Crippen LogP contribution >= 0.6 is 11.3 Å². The van der Waals surface area contributed by atoms with Crippen molar-refractivity contribution in [3.8, 4) is 62.5 Å². The molecule has 0 amide bonds. The summed E-state index contributed by atoms with van der Waals surface area (Å²) in [6, 6.07) is 62.8. The molecule has 0 aliphatic carbocycles. The second kappa shape index (κ2) is 13.2. The minimum atomic E-state index is 0.499. The average molecular weight is 735 g/mol. The molecule has 0 aliphatic rings. The van der Waals surface area contributed by atoms with Crippen molar-refractivity contribution in [3.63, 3.8) is 0 Å². The molecule has 0 radical (unpaired) electrons. The molecule has 4 heterocycles. The second-order valence-corrected chi connectivity index (χ2v) is 14.8. The van der Waals surface area contributed by atoms with Gasteiger partial charge in [-0.25, -0.2) is 24.9 Å². The fourth-order valence-electron chi connectivity index (χ4n) is 7.63. The van der Waals surface area contributed by atoms with Crippen LogP contribution in [0.25, 0.3) is 105 Å². The number of thiophene rings is 1. The van der Waals surface area contributed by atoms with Crippen LogP contribution in [0.5, 0.6) is 0 Å². The van der Waals surface area contributed by atoms with Crippen molar-refractivity contribution in [3.05, 3.63) is 182 Å². The van der Waals surface area contributed by atoms with E-state index in [4.69, 9.17) is 24.9 Å². The van der Waals surface area contributed by atoms with Gasteiger partial charge in [-0.1, -0.05) is 146 Å². The second-order valence-electron chi connectivity index (χ2n) is 13.7. The smallest absolute Gasteiger partial charge is 0.184 e. The maximum Gasteiger partial charge on any atom is 0.184 e. The molecule has 0 aliphatic heterocycles. The zero-order chi connectivity index (χ0) is 37.0. The summed E-state index contributed by atoms with van der Waals surface area (Å²) < 4.78 is 4.38. The van der Waals surface area contributed by atoms with Gasteiger partial charge in [0.15, 0.2) is 23.3 Å². The van der Waals surface area contributed by atoms with Crippen molar-refractivity contribution in [2.24, 2.45) is 0 Å². The van der Waals surface area contributed by atoms with Crippen LogP contribution in [0.4, 0.5) is 0 Å². The van der Waals surface area contributed by atoms with Gasteiger partial charge in [0, 0.05) is 43.2 Å². The van der Waals surface area contributed by atoms with Crippen LogP contribution in [0, 0.1) is 0 Å². The first-order valence-electron chi connectivity index (χ1n) is 18.5. The molecule has 11 aromatic rings. The largest absolute Gasteiger partial charge is 0.309 e. The predicted octanol–water partition coefficient (Wildman–Crippen LogP) is 12.5. The predicted molar refractivity (Wildman–Crippen MR) is 230 cm³/mol. The van der Waals surface area contributed by atoms with Gasteiger partial charge in [0.1, 0.15) is 5.69 Å². The van der Waals surface area contributed by atoms with E-state index in [0.717, 1.165) is 64.8 Å². The van der Waals surface area contributed by atoms with E-state index in [1.807, 2.05) is 42.5 Å². The SMILES string of the molecule is c1ccc(-c2cccc(-c3nc(-c4ccccc4)nc(-c4nc(-c5ccc6c7ccccc7n(-c7ccccc7)c6c5)nc5c4sc4ccccc45)n3)c2)cc1. The van der Waals surface area contributed by atoms with Crippen LogP contribution in [0.2, 0.25) is 0 Å². The highest BCUT2D eigenvalue weighted by Gasteiger charge is 2.22. The minimum Gasteiger partial charge on any atom is -0.309 e. The molecule has 7 aromatic carbocycles.